The van der Waals surface area contributed by atoms with Crippen molar-refractivity contribution in [2.24, 2.45) is 0 Å². The van der Waals surface area contributed by atoms with Gasteiger partial charge >= 0.3 is 5.97 Å². The predicted octanol–water partition coefficient (Wildman–Crippen LogP) is 2.73. The Kier molecular flexibility index (Phi) is 3.71. The first kappa shape index (κ1) is 13.1. The average Bonchev–Trinajstić information content (AvgIpc) is 2.66. The molecule has 1 aromatic rings. The molecular formula is C15H21NO2. The maximum Gasteiger partial charge on any atom is 0.307 e. The lowest BCUT2D eigenvalue weighted by molar-refractivity contribution is -0.155. The molecule has 0 saturated heterocycles. The highest BCUT2D eigenvalue weighted by atomic mass is 16.6. The molecule has 1 aliphatic heterocycles. The minimum Gasteiger partial charge on any atom is -0.460 e. The highest BCUT2D eigenvalue weighted by Crippen LogP contribution is 2.22. The van der Waals surface area contributed by atoms with E-state index in [0.717, 1.165) is 19.6 Å². The van der Waals surface area contributed by atoms with E-state index >= 15 is 0 Å². The van der Waals surface area contributed by atoms with E-state index in [2.05, 4.69) is 29.2 Å². The Balaban J connectivity index is 1.79. The van der Waals surface area contributed by atoms with E-state index < -0.39 is 0 Å². The number of nitrogens with zero attached hydrogens (tertiary/aromatic N) is 1. The molecule has 0 N–H and O–H groups in total. The van der Waals surface area contributed by atoms with E-state index in [4.69, 9.17) is 4.74 Å². The first-order valence-electron chi connectivity index (χ1n) is 6.45. The first-order valence-corrected chi connectivity index (χ1v) is 6.45. The van der Waals surface area contributed by atoms with Crippen LogP contribution in [-0.2, 0) is 22.6 Å². The number of carbonyl (C=O) groups is 1. The van der Waals surface area contributed by atoms with Crippen molar-refractivity contribution in [1.82, 2.24) is 4.90 Å². The van der Waals surface area contributed by atoms with Gasteiger partial charge in [-0.05, 0) is 31.9 Å². The molecule has 2 rings (SSSR count). The molecule has 0 radical (unpaired) electrons. The number of esters is 1. The lowest BCUT2D eigenvalue weighted by Gasteiger charge is -2.21. The van der Waals surface area contributed by atoms with E-state index in [-0.39, 0.29) is 11.6 Å². The zero-order valence-electron chi connectivity index (χ0n) is 11.4. The Morgan fingerprint density at radius 1 is 1.22 bits per heavy atom. The lowest BCUT2D eigenvalue weighted by Crippen LogP contribution is -2.27. The van der Waals surface area contributed by atoms with Gasteiger partial charge in [0.2, 0.25) is 0 Å². The van der Waals surface area contributed by atoms with Crippen molar-refractivity contribution in [2.45, 2.75) is 45.9 Å². The Bertz CT molecular complexity index is 409. The Hall–Kier alpha value is -1.35. The van der Waals surface area contributed by atoms with Crippen LogP contribution in [0.25, 0.3) is 0 Å². The van der Waals surface area contributed by atoms with Gasteiger partial charge in [0.25, 0.3) is 0 Å². The summed E-state index contributed by atoms with van der Waals surface area (Å²) in [5.41, 5.74) is 2.37. The van der Waals surface area contributed by atoms with Gasteiger partial charge in [0.05, 0.1) is 6.42 Å². The average molecular weight is 247 g/mol. The smallest absolute Gasteiger partial charge is 0.307 e. The molecule has 1 aliphatic rings. The number of fused-ring (bicyclic) bond motifs is 1. The summed E-state index contributed by atoms with van der Waals surface area (Å²) < 4.78 is 5.31. The third kappa shape index (κ3) is 3.57. The number of carbonyl (C=O) groups excluding carboxylic acids is 1. The molecule has 0 unspecified atom stereocenters. The molecular weight excluding hydrogens is 226 g/mol. The summed E-state index contributed by atoms with van der Waals surface area (Å²) in [6.45, 7) is 8.35. The molecule has 0 amide bonds. The van der Waals surface area contributed by atoms with Crippen LogP contribution in [0.3, 0.4) is 0 Å². The van der Waals surface area contributed by atoms with Crippen molar-refractivity contribution < 1.29 is 9.53 Å². The van der Waals surface area contributed by atoms with Crippen molar-refractivity contribution in [3.63, 3.8) is 0 Å². The van der Waals surface area contributed by atoms with Gasteiger partial charge in [-0.2, -0.15) is 0 Å². The van der Waals surface area contributed by atoms with E-state index in [9.17, 15) is 4.79 Å². The van der Waals surface area contributed by atoms with E-state index in [1.54, 1.807) is 0 Å². The second-order valence-electron chi connectivity index (χ2n) is 5.82. The Labute approximate surface area is 109 Å². The summed E-state index contributed by atoms with van der Waals surface area (Å²) in [5.74, 6) is -0.113. The summed E-state index contributed by atoms with van der Waals surface area (Å²) in [6, 6.07) is 8.44. The lowest BCUT2D eigenvalue weighted by atomic mass is 10.1. The highest BCUT2D eigenvalue weighted by molar-refractivity contribution is 5.70. The zero-order chi connectivity index (χ0) is 13.2. The van der Waals surface area contributed by atoms with Crippen LogP contribution >= 0.6 is 0 Å². The van der Waals surface area contributed by atoms with Crippen LogP contribution in [0.4, 0.5) is 0 Å². The number of benzene rings is 1. The molecule has 0 aromatic heterocycles. The van der Waals surface area contributed by atoms with Gasteiger partial charge in [-0.25, -0.2) is 0 Å². The van der Waals surface area contributed by atoms with Crippen LogP contribution in [0.5, 0.6) is 0 Å². The largest absolute Gasteiger partial charge is 0.460 e. The van der Waals surface area contributed by atoms with Crippen LogP contribution in [-0.4, -0.2) is 23.0 Å². The number of hydrogen-bond donors (Lipinski definition) is 0. The van der Waals surface area contributed by atoms with Gasteiger partial charge < -0.3 is 4.74 Å². The molecule has 1 aromatic carbocycles. The molecule has 3 nitrogen and oxygen atoms in total. The summed E-state index contributed by atoms with van der Waals surface area (Å²) in [5, 5.41) is 0. The third-order valence-electron chi connectivity index (χ3n) is 2.96. The zero-order valence-corrected chi connectivity index (χ0v) is 11.4. The van der Waals surface area contributed by atoms with Gasteiger partial charge in [0, 0.05) is 19.6 Å². The molecule has 18 heavy (non-hydrogen) atoms. The van der Waals surface area contributed by atoms with E-state index in [0.29, 0.717) is 6.42 Å². The maximum absolute atomic E-state index is 11.6. The summed E-state index contributed by atoms with van der Waals surface area (Å²) in [7, 11) is 0. The SMILES string of the molecule is CC(C)(C)OC(=O)CCN1Cc2ccccc2C1. The molecule has 1 heterocycles. The number of hydrogen-bond acceptors (Lipinski definition) is 3. The van der Waals surface area contributed by atoms with Crippen molar-refractivity contribution >= 4 is 5.97 Å². The topological polar surface area (TPSA) is 29.5 Å². The standard InChI is InChI=1S/C15H21NO2/c1-15(2,3)18-14(17)8-9-16-10-12-6-4-5-7-13(12)11-16/h4-7H,8-11H2,1-3H3. The molecule has 0 atom stereocenters. The highest BCUT2D eigenvalue weighted by Gasteiger charge is 2.20. The number of ether oxygens (including phenoxy) is 1. The van der Waals surface area contributed by atoms with Gasteiger partial charge in [0.15, 0.2) is 0 Å². The van der Waals surface area contributed by atoms with Crippen molar-refractivity contribution in [2.75, 3.05) is 6.54 Å². The second kappa shape index (κ2) is 5.11. The predicted molar refractivity (Wildman–Crippen MR) is 71.0 cm³/mol. The fourth-order valence-electron chi connectivity index (χ4n) is 2.20. The second-order valence-corrected chi connectivity index (χ2v) is 5.82. The van der Waals surface area contributed by atoms with Gasteiger partial charge in [-0.3, -0.25) is 9.69 Å². The van der Waals surface area contributed by atoms with Crippen molar-refractivity contribution in [3.05, 3.63) is 35.4 Å². The molecule has 0 bridgehead atoms. The van der Waals surface area contributed by atoms with Gasteiger partial charge in [0.1, 0.15) is 5.60 Å². The van der Waals surface area contributed by atoms with Crippen LogP contribution < -0.4 is 0 Å². The molecule has 0 spiro atoms. The molecule has 0 fully saturated rings. The normalized spacial score (nSPS) is 15.5. The number of rotatable bonds is 3. The summed E-state index contributed by atoms with van der Waals surface area (Å²) in [6.07, 6.45) is 0.464. The van der Waals surface area contributed by atoms with Crippen LogP contribution in [0.2, 0.25) is 0 Å². The van der Waals surface area contributed by atoms with Gasteiger partial charge in [-0.15, -0.1) is 0 Å². The van der Waals surface area contributed by atoms with Crippen LogP contribution in [0.1, 0.15) is 38.3 Å². The first-order chi connectivity index (χ1) is 8.44. The Morgan fingerprint density at radius 3 is 2.28 bits per heavy atom. The Morgan fingerprint density at radius 2 is 1.78 bits per heavy atom. The van der Waals surface area contributed by atoms with Crippen molar-refractivity contribution in [3.8, 4) is 0 Å². The monoisotopic (exact) mass is 247 g/mol. The minimum atomic E-state index is -0.384. The molecule has 0 aliphatic carbocycles. The van der Waals surface area contributed by atoms with Crippen LogP contribution in [0, 0.1) is 0 Å². The minimum absolute atomic E-state index is 0.113. The quantitative estimate of drug-likeness (QED) is 0.769. The van der Waals surface area contributed by atoms with Crippen molar-refractivity contribution in [1.29, 1.82) is 0 Å². The maximum atomic E-state index is 11.6. The fourth-order valence-corrected chi connectivity index (χ4v) is 2.20. The third-order valence-corrected chi connectivity index (χ3v) is 2.96. The fraction of sp³-hybridized carbons (Fsp3) is 0.533. The van der Waals surface area contributed by atoms with Crippen LogP contribution in [0.15, 0.2) is 24.3 Å². The molecule has 3 heteroatoms. The van der Waals surface area contributed by atoms with Gasteiger partial charge in [-0.1, -0.05) is 24.3 Å². The molecule has 98 valence electrons. The summed E-state index contributed by atoms with van der Waals surface area (Å²) in [4.78, 5) is 13.9. The summed E-state index contributed by atoms with van der Waals surface area (Å²) >= 11 is 0. The van der Waals surface area contributed by atoms with E-state index in [1.807, 2.05) is 20.8 Å². The van der Waals surface area contributed by atoms with E-state index in [1.165, 1.54) is 11.1 Å². The molecule has 0 saturated carbocycles.